The number of phosphoric ester groups is 1. The average Bonchev–Trinajstić information content (AvgIpc) is 3.13. The second-order valence-electron chi connectivity index (χ2n) is 12.8. The standard InChI is InChI=1S/C40H55O9P/c1-6-9-10-11-12-13-14-15-28-44-35-20-16-33(17-21-35)39(41)47-36-22-18-34(19-23-36)40(42)48-37-24-26-38(27-25-37)49-50(43,45-29-31(4)7-2)46-30-32(5)8-3/h16-27,31-32H,6-15,28-30H2,1-5H3/t31-,32?,50?/m0/s1. The maximum absolute atomic E-state index is 13.4. The van der Waals surface area contributed by atoms with E-state index in [4.69, 9.17) is 27.8 Å². The Balaban J connectivity index is 1.45. The zero-order valence-electron chi connectivity index (χ0n) is 30.4. The fourth-order valence-electron chi connectivity index (χ4n) is 4.56. The Morgan fingerprint density at radius 3 is 1.42 bits per heavy atom. The van der Waals surface area contributed by atoms with Gasteiger partial charge in [0.1, 0.15) is 23.0 Å². The fourth-order valence-corrected chi connectivity index (χ4v) is 6.00. The largest absolute Gasteiger partial charge is 0.530 e. The third-order valence-electron chi connectivity index (χ3n) is 8.34. The maximum atomic E-state index is 13.4. The normalized spacial score (nSPS) is 13.5. The molecule has 3 rings (SSSR count). The number of hydrogen-bond acceptors (Lipinski definition) is 9. The third-order valence-corrected chi connectivity index (χ3v) is 9.70. The van der Waals surface area contributed by atoms with Gasteiger partial charge in [-0.05, 0) is 91.1 Å². The number of carbonyl (C=O) groups excluding carboxylic acids is 2. The highest BCUT2D eigenvalue weighted by Gasteiger charge is 2.30. The molecule has 0 heterocycles. The third kappa shape index (κ3) is 15.1. The van der Waals surface area contributed by atoms with Crippen LogP contribution in [0.15, 0.2) is 72.8 Å². The molecule has 0 saturated heterocycles. The number of benzene rings is 3. The minimum absolute atomic E-state index is 0.189. The van der Waals surface area contributed by atoms with Gasteiger partial charge in [-0.2, -0.15) is 0 Å². The highest BCUT2D eigenvalue weighted by Crippen LogP contribution is 2.50. The number of rotatable bonds is 24. The molecule has 0 aliphatic rings. The molecule has 0 aliphatic heterocycles. The Morgan fingerprint density at radius 1 is 0.560 bits per heavy atom. The van der Waals surface area contributed by atoms with Crippen molar-refractivity contribution in [2.24, 2.45) is 11.8 Å². The first kappa shape index (κ1) is 40.8. The lowest BCUT2D eigenvalue weighted by Crippen LogP contribution is -2.12. The van der Waals surface area contributed by atoms with Gasteiger partial charge >= 0.3 is 19.8 Å². The minimum Gasteiger partial charge on any atom is -0.494 e. The maximum Gasteiger partial charge on any atom is 0.530 e. The van der Waals surface area contributed by atoms with E-state index in [1.807, 2.05) is 27.7 Å². The average molecular weight is 711 g/mol. The van der Waals surface area contributed by atoms with Gasteiger partial charge in [0.05, 0.1) is 30.9 Å². The fraction of sp³-hybridized carbons (Fsp3) is 0.500. The van der Waals surface area contributed by atoms with Crippen LogP contribution in [0.2, 0.25) is 0 Å². The summed E-state index contributed by atoms with van der Waals surface area (Å²) in [5.41, 5.74) is 0.658. The van der Waals surface area contributed by atoms with Gasteiger partial charge in [-0.1, -0.05) is 92.4 Å². The molecule has 2 unspecified atom stereocenters. The molecule has 0 N–H and O–H groups in total. The molecule has 50 heavy (non-hydrogen) atoms. The van der Waals surface area contributed by atoms with Crippen LogP contribution in [0.1, 0.15) is 120 Å². The monoisotopic (exact) mass is 710 g/mol. The van der Waals surface area contributed by atoms with Crippen LogP contribution in [-0.4, -0.2) is 31.8 Å². The van der Waals surface area contributed by atoms with Crippen molar-refractivity contribution in [2.75, 3.05) is 19.8 Å². The molecule has 0 radical (unpaired) electrons. The van der Waals surface area contributed by atoms with Crippen LogP contribution < -0.4 is 18.7 Å². The Hall–Kier alpha value is -3.65. The number of phosphoric acid groups is 1. The van der Waals surface area contributed by atoms with Gasteiger partial charge in [0.25, 0.3) is 0 Å². The molecule has 0 aliphatic carbocycles. The first-order valence-corrected chi connectivity index (χ1v) is 19.6. The van der Waals surface area contributed by atoms with Crippen LogP contribution >= 0.6 is 7.82 Å². The van der Waals surface area contributed by atoms with E-state index in [-0.39, 0.29) is 42.1 Å². The van der Waals surface area contributed by atoms with E-state index < -0.39 is 19.8 Å². The Kier molecular flexibility index (Phi) is 18.1. The van der Waals surface area contributed by atoms with Crippen LogP contribution in [0.3, 0.4) is 0 Å². The van der Waals surface area contributed by atoms with Crippen LogP contribution in [0, 0.1) is 11.8 Å². The van der Waals surface area contributed by atoms with Crippen molar-refractivity contribution in [1.82, 2.24) is 0 Å². The van der Waals surface area contributed by atoms with E-state index in [2.05, 4.69) is 6.92 Å². The van der Waals surface area contributed by atoms with Gasteiger partial charge in [0.2, 0.25) is 0 Å². The van der Waals surface area contributed by atoms with Gasteiger partial charge in [0, 0.05) is 0 Å². The summed E-state index contributed by atoms with van der Waals surface area (Å²) in [6.07, 6.45) is 11.6. The molecule has 3 aromatic rings. The molecule has 9 nitrogen and oxygen atoms in total. The molecule has 0 fully saturated rings. The molecular formula is C40H55O9P. The van der Waals surface area contributed by atoms with Gasteiger partial charge in [-0.25, -0.2) is 14.2 Å². The molecule has 3 aromatic carbocycles. The minimum atomic E-state index is -3.86. The molecule has 0 bridgehead atoms. The van der Waals surface area contributed by atoms with Gasteiger partial charge < -0.3 is 18.7 Å². The molecule has 3 atom stereocenters. The predicted octanol–water partition coefficient (Wildman–Crippen LogP) is 11.3. The lowest BCUT2D eigenvalue weighted by atomic mass is 10.1. The van der Waals surface area contributed by atoms with Gasteiger partial charge in [-0.3, -0.25) is 9.05 Å². The number of carbonyl (C=O) groups is 2. The number of ether oxygens (including phenoxy) is 3. The van der Waals surface area contributed by atoms with Crippen molar-refractivity contribution in [3.63, 3.8) is 0 Å². The molecule has 0 saturated carbocycles. The van der Waals surface area contributed by atoms with E-state index in [1.54, 1.807) is 24.3 Å². The first-order valence-electron chi connectivity index (χ1n) is 18.1. The zero-order valence-corrected chi connectivity index (χ0v) is 31.3. The summed E-state index contributed by atoms with van der Waals surface area (Å²) in [6.45, 7) is 11.4. The molecule has 0 amide bonds. The SMILES string of the molecule is CCCCCCCCCCOc1ccc(C(=O)Oc2ccc(C(=O)Oc3ccc(OP(=O)(OCC(C)CC)OC[C@@H](C)CC)cc3)cc2)cc1. The molecule has 274 valence electrons. The van der Waals surface area contributed by atoms with Crippen LogP contribution in [-0.2, 0) is 13.6 Å². The zero-order chi connectivity index (χ0) is 36.2. The lowest BCUT2D eigenvalue weighted by molar-refractivity contribution is 0.0730. The topological polar surface area (TPSA) is 107 Å². The Bertz CT molecular complexity index is 1440. The van der Waals surface area contributed by atoms with Gasteiger partial charge in [0.15, 0.2) is 0 Å². The van der Waals surface area contributed by atoms with E-state index in [1.165, 1.54) is 87.1 Å². The van der Waals surface area contributed by atoms with Gasteiger partial charge in [-0.15, -0.1) is 0 Å². The number of hydrogen-bond donors (Lipinski definition) is 0. The second kappa shape index (κ2) is 22.2. The van der Waals surface area contributed by atoms with Crippen molar-refractivity contribution in [2.45, 2.75) is 98.8 Å². The number of unbranched alkanes of at least 4 members (excludes halogenated alkanes) is 7. The summed E-state index contributed by atoms with van der Waals surface area (Å²) in [4.78, 5) is 25.5. The molecule has 0 spiro atoms. The summed E-state index contributed by atoms with van der Waals surface area (Å²) < 4.78 is 47.1. The van der Waals surface area contributed by atoms with Crippen LogP contribution in [0.5, 0.6) is 23.0 Å². The van der Waals surface area contributed by atoms with E-state index >= 15 is 0 Å². The van der Waals surface area contributed by atoms with Crippen molar-refractivity contribution in [3.8, 4) is 23.0 Å². The van der Waals surface area contributed by atoms with Crippen LogP contribution in [0.4, 0.5) is 0 Å². The van der Waals surface area contributed by atoms with Crippen molar-refractivity contribution in [3.05, 3.63) is 83.9 Å². The van der Waals surface area contributed by atoms with Crippen molar-refractivity contribution < 1.29 is 41.9 Å². The highest BCUT2D eigenvalue weighted by atomic mass is 31.2. The summed E-state index contributed by atoms with van der Waals surface area (Å²) in [7, 11) is -3.86. The summed E-state index contributed by atoms with van der Waals surface area (Å²) in [5.74, 6) is 0.788. The molecule has 10 heteroatoms. The summed E-state index contributed by atoms with van der Waals surface area (Å²) in [5, 5.41) is 0. The Morgan fingerprint density at radius 2 is 0.960 bits per heavy atom. The summed E-state index contributed by atoms with van der Waals surface area (Å²) >= 11 is 0. The summed E-state index contributed by atoms with van der Waals surface area (Å²) in [6, 6.07) is 19.1. The second-order valence-corrected chi connectivity index (χ2v) is 14.4. The molecular weight excluding hydrogens is 655 g/mol. The van der Waals surface area contributed by atoms with Crippen molar-refractivity contribution in [1.29, 1.82) is 0 Å². The van der Waals surface area contributed by atoms with Crippen LogP contribution in [0.25, 0.3) is 0 Å². The van der Waals surface area contributed by atoms with E-state index in [9.17, 15) is 14.2 Å². The van der Waals surface area contributed by atoms with E-state index in [0.717, 1.165) is 25.7 Å². The quantitative estimate of drug-likeness (QED) is 0.0388. The van der Waals surface area contributed by atoms with E-state index in [0.29, 0.717) is 23.7 Å². The molecule has 0 aromatic heterocycles. The lowest BCUT2D eigenvalue weighted by Gasteiger charge is -2.21. The highest BCUT2D eigenvalue weighted by molar-refractivity contribution is 7.48. The smallest absolute Gasteiger partial charge is 0.494 e. The first-order chi connectivity index (χ1) is 24.1. The predicted molar refractivity (Wildman–Crippen MR) is 196 cm³/mol. The van der Waals surface area contributed by atoms with Crippen molar-refractivity contribution >= 4 is 19.8 Å². The number of esters is 2. The Labute approximate surface area is 298 Å².